The van der Waals surface area contributed by atoms with Crippen LogP contribution >= 0.6 is 23.2 Å². The first-order valence-corrected chi connectivity index (χ1v) is 7.93. The zero-order chi connectivity index (χ0) is 16.3. The Bertz CT molecular complexity index is 580. The van der Waals surface area contributed by atoms with Crippen LogP contribution in [0.1, 0.15) is 19.8 Å². The largest absolute Gasteiger partial charge is 0.369 e. The van der Waals surface area contributed by atoms with Crippen LogP contribution < -0.4 is 11.1 Å². The van der Waals surface area contributed by atoms with Crippen molar-refractivity contribution in [1.29, 1.82) is 0 Å². The van der Waals surface area contributed by atoms with Crippen LogP contribution in [0.3, 0.4) is 0 Å². The van der Waals surface area contributed by atoms with Gasteiger partial charge in [0.2, 0.25) is 11.8 Å². The van der Waals surface area contributed by atoms with Crippen LogP contribution in [0.2, 0.25) is 10.0 Å². The molecule has 120 valence electrons. The van der Waals surface area contributed by atoms with Crippen LogP contribution in [-0.4, -0.2) is 35.8 Å². The summed E-state index contributed by atoms with van der Waals surface area (Å²) in [6.07, 6.45) is 1.64. The quantitative estimate of drug-likeness (QED) is 0.881. The van der Waals surface area contributed by atoms with Gasteiger partial charge < -0.3 is 11.1 Å². The molecule has 2 rings (SSSR count). The second kappa shape index (κ2) is 7.31. The number of piperidine rings is 1. The average molecular weight is 344 g/mol. The van der Waals surface area contributed by atoms with Crippen LogP contribution in [0.25, 0.3) is 0 Å². The molecular formula is C15H19Cl2N3O2. The molecule has 0 saturated carbocycles. The molecule has 2 amide bonds. The molecule has 1 fully saturated rings. The lowest BCUT2D eigenvalue weighted by atomic mass is 9.96. The number of benzene rings is 1. The van der Waals surface area contributed by atoms with Crippen molar-refractivity contribution in [1.82, 2.24) is 4.90 Å². The Kier molecular flexibility index (Phi) is 5.67. The van der Waals surface area contributed by atoms with E-state index in [1.807, 2.05) is 11.8 Å². The van der Waals surface area contributed by atoms with Crippen molar-refractivity contribution in [3.63, 3.8) is 0 Å². The smallest absolute Gasteiger partial charge is 0.241 e. The first-order valence-electron chi connectivity index (χ1n) is 7.17. The van der Waals surface area contributed by atoms with E-state index in [1.54, 1.807) is 18.2 Å². The highest BCUT2D eigenvalue weighted by atomic mass is 35.5. The SMILES string of the molecule is C[C@H](C(=O)Nc1ccc(Cl)cc1Cl)N1CCC[C@H](C(N)=O)C1. The Morgan fingerprint density at radius 1 is 1.41 bits per heavy atom. The average Bonchev–Trinajstić information content (AvgIpc) is 2.49. The van der Waals surface area contributed by atoms with Crippen molar-refractivity contribution in [2.24, 2.45) is 11.7 Å². The van der Waals surface area contributed by atoms with Gasteiger partial charge in [0.1, 0.15) is 0 Å². The highest BCUT2D eigenvalue weighted by Gasteiger charge is 2.29. The van der Waals surface area contributed by atoms with E-state index in [9.17, 15) is 9.59 Å². The molecule has 2 atom stereocenters. The first kappa shape index (κ1) is 17.1. The number of carbonyl (C=O) groups is 2. The number of likely N-dealkylation sites (tertiary alicyclic amines) is 1. The fourth-order valence-corrected chi connectivity index (χ4v) is 3.04. The van der Waals surface area contributed by atoms with E-state index in [0.29, 0.717) is 22.3 Å². The van der Waals surface area contributed by atoms with E-state index >= 15 is 0 Å². The fourth-order valence-electron chi connectivity index (χ4n) is 2.58. The molecule has 1 aromatic rings. The van der Waals surface area contributed by atoms with Gasteiger partial charge in [-0.15, -0.1) is 0 Å². The molecule has 5 nitrogen and oxygen atoms in total. The number of nitrogens with one attached hydrogen (secondary N) is 1. The molecule has 0 radical (unpaired) electrons. The summed E-state index contributed by atoms with van der Waals surface area (Å²) in [6, 6.07) is 4.54. The Labute approximate surface area is 139 Å². The third-order valence-corrected chi connectivity index (χ3v) is 4.52. The molecule has 1 aliphatic heterocycles. The maximum absolute atomic E-state index is 12.4. The van der Waals surface area contributed by atoms with Crippen molar-refractivity contribution in [2.45, 2.75) is 25.8 Å². The number of nitrogens with zero attached hydrogens (tertiary/aromatic N) is 1. The zero-order valence-electron chi connectivity index (χ0n) is 12.3. The lowest BCUT2D eigenvalue weighted by Gasteiger charge is -2.34. The van der Waals surface area contributed by atoms with Gasteiger partial charge in [-0.05, 0) is 44.5 Å². The predicted octanol–water partition coefficient (Wildman–Crippen LogP) is 2.52. The van der Waals surface area contributed by atoms with Crippen molar-refractivity contribution in [3.8, 4) is 0 Å². The number of hydrogen-bond donors (Lipinski definition) is 2. The predicted molar refractivity (Wildman–Crippen MR) is 88.0 cm³/mol. The van der Waals surface area contributed by atoms with Gasteiger partial charge in [0.15, 0.2) is 0 Å². The third-order valence-electron chi connectivity index (χ3n) is 3.97. The number of nitrogens with two attached hydrogens (primary N) is 1. The normalized spacial score (nSPS) is 20.4. The minimum absolute atomic E-state index is 0.172. The number of anilines is 1. The summed E-state index contributed by atoms with van der Waals surface area (Å²) in [7, 11) is 0. The highest BCUT2D eigenvalue weighted by molar-refractivity contribution is 6.36. The molecular weight excluding hydrogens is 325 g/mol. The van der Waals surface area contributed by atoms with Gasteiger partial charge in [-0.1, -0.05) is 23.2 Å². The van der Waals surface area contributed by atoms with Crippen molar-refractivity contribution in [3.05, 3.63) is 28.2 Å². The number of halogens is 2. The minimum Gasteiger partial charge on any atom is -0.369 e. The molecule has 0 bridgehead atoms. The molecule has 3 N–H and O–H groups in total. The Hall–Kier alpha value is -1.30. The van der Waals surface area contributed by atoms with Gasteiger partial charge in [0, 0.05) is 11.6 Å². The van der Waals surface area contributed by atoms with Crippen molar-refractivity contribution < 1.29 is 9.59 Å². The summed E-state index contributed by atoms with van der Waals surface area (Å²) in [5.41, 5.74) is 5.89. The van der Waals surface area contributed by atoms with E-state index in [4.69, 9.17) is 28.9 Å². The van der Waals surface area contributed by atoms with Gasteiger partial charge in [0.05, 0.1) is 22.7 Å². The second-order valence-corrected chi connectivity index (χ2v) is 6.37. The van der Waals surface area contributed by atoms with Crippen LogP contribution in [0.15, 0.2) is 18.2 Å². The maximum Gasteiger partial charge on any atom is 0.241 e. The number of rotatable bonds is 4. The molecule has 0 aromatic heterocycles. The molecule has 22 heavy (non-hydrogen) atoms. The number of amides is 2. The second-order valence-electron chi connectivity index (χ2n) is 5.53. The van der Waals surface area contributed by atoms with E-state index < -0.39 is 0 Å². The molecule has 1 aliphatic rings. The third kappa shape index (κ3) is 4.12. The molecule has 0 unspecified atom stereocenters. The van der Waals surface area contributed by atoms with E-state index in [1.165, 1.54) is 0 Å². The van der Waals surface area contributed by atoms with Crippen molar-refractivity contribution in [2.75, 3.05) is 18.4 Å². The van der Waals surface area contributed by atoms with Gasteiger partial charge in [-0.2, -0.15) is 0 Å². The van der Waals surface area contributed by atoms with Crippen molar-refractivity contribution >= 4 is 40.7 Å². The highest BCUT2D eigenvalue weighted by Crippen LogP contribution is 2.26. The number of carbonyl (C=O) groups excluding carboxylic acids is 2. The zero-order valence-corrected chi connectivity index (χ0v) is 13.8. The molecule has 7 heteroatoms. The standard InChI is InChI=1S/C15H19Cl2N3O2/c1-9(20-6-2-3-10(8-20)14(18)21)15(22)19-13-5-4-11(16)7-12(13)17/h4-5,7,9-10H,2-3,6,8H2,1H3,(H2,18,21)(H,19,22)/t9-,10+/m1/s1. The summed E-state index contributed by atoms with van der Waals surface area (Å²) < 4.78 is 0. The summed E-state index contributed by atoms with van der Waals surface area (Å²) in [5, 5.41) is 3.69. The van der Waals surface area contributed by atoms with Gasteiger partial charge in [-0.3, -0.25) is 14.5 Å². The molecule has 1 saturated heterocycles. The molecule has 0 aliphatic carbocycles. The summed E-state index contributed by atoms with van der Waals surface area (Å²) in [6.45, 7) is 3.09. The fraction of sp³-hybridized carbons (Fsp3) is 0.467. The monoisotopic (exact) mass is 343 g/mol. The molecule has 1 heterocycles. The van der Waals surface area contributed by atoms with Gasteiger partial charge in [-0.25, -0.2) is 0 Å². The molecule has 0 spiro atoms. The summed E-state index contributed by atoms with van der Waals surface area (Å²) >= 11 is 11.9. The van der Waals surface area contributed by atoms with Crippen LogP contribution in [-0.2, 0) is 9.59 Å². The van der Waals surface area contributed by atoms with Gasteiger partial charge in [0.25, 0.3) is 0 Å². The summed E-state index contributed by atoms with van der Waals surface area (Å²) in [4.78, 5) is 25.7. The first-order chi connectivity index (χ1) is 10.4. The lowest BCUT2D eigenvalue weighted by molar-refractivity contribution is -0.127. The lowest BCUT2D eigenvalue weighted by Crippen LogP contribution is -2.49. The Morgan fingerprint density at radius 3 is 2.77 bits per heavy atom. The Morgan fingerprint density at radius 2 is 2.14 bits per heavy atom. The maximum atomic E-state index is 12.4. The van der Waals surface area contributed by atoms with Crippen LogP contribution in [0.5, 0.6) is 0 Å². The topological polar surface area (TPSA) is 75.4 Å². The van der Waals surface area contributed by atoms with Crippen LogP contribution in [0, 0.1) is 5.92 Å². The van der Waals surface area contributed by atoms with Crippen LogP contribution in [0.4, 0.5) is 5.69 Å². The number of hydrogen-bond acceptors (Lipinski definition) is 3. The van der Waals surface area contributed by atoms with E-state index in [0.717, 1.165) is 19.4 Å². The van der Waals surface area contributed by atoms with E-state index in [-0.39, 0.29) is 23.8 Å². The van der Waals surface area contributed by atoms with Gasteiger partial charge >= 0.3 is 0 Å². The summed E-state index contributed by atoms with van der Waals surface area (Å²) in [5.74, 6) is -0.671. The Balaban J connectivity index is 2.01. The molecule has 1 aromatic carbocycles. The number of primary amides is 1. The van der Waals surface area contributed by atoms with E-state index in [2.05, 4.69) is 5.32 Å². The minimum atomic E-state index is -0.367.